The van der Waals surface area contributed by atoms with E-state index in [1.54, 1.807) is 18.2 Å². The number of aryl methyl sites for hydroxylation is 2. The summed E-state index contributed by atoms with van der Waals surface area (Å²) in [5, 5.41) is 7.31. The number of halogens is 1. The predicted molar refractivity (Wildman–Crippen MR) is 82.5 cm³/mol. The molecule has 114 valence electrons. The smallest absolute Gasteiger partial charge is 0.244 e. The van der Waals surface area contributed by atoms with Gasteiger partial charge in [-0.05, 0) is 37.0 Å². The van der Waals surface area contributed by atoms with Gasteiger partial charge < -0.3 is 5.32 Å². The largest absolute Gasteiger partial charge is 0.347 e. The van der Waals surface area contributed by atoms with Crippen LogP contribution in [-0.4, -0.2) is 15.7 Å². The molecule has 0 bridgehead atoms. The summed E-state index contributed by atoms with van der Waals surface area (Å²) >= 11 is 0. The molecule has 0 saturated heterocycles. The Bertz CT molecular complexity index is 734. The van der Waals surface area contributed by atoms with Crippen LogP contribution in [0.1, 0.15) is 28.9 Å². The molecule has 0 spiro atoms. The first-order chi connectivity index (χ1) is 10.6. The van der Waals surface area contributed by atoms with Gasteiger partial charge in [-0.3, -0.25) is 9.48 Å². The van der Waals surface area contributed by atoms with Crippen LogP contribution in [-0.2, 0) is 31.2 Å². The lowest BCUT2D eigenvalue weighted by Crippen LogP contribution is -2.22. The Morgan fingerprint density at radius 1 is 1.41 bits per heavy atom. The highest BCUT2D eigenvalue weighted by Crippen LogP contribution is 2.24. The molecule has 0 atom stereocenters. The first kappa shape index (κ1) is 14.5. The summed E-state index contributed by atoms with van der Waals surface area (Å²) in [6.07, 6.45) is 6.02. The second-order valence-electron chi connectivity index (χ2n) is 5.42. The number of hydrogen-bond acceptors (Lipinski definition) is 2. The predicted octanol–water partition coefficient (Wildman–Crippen LogP) is 2.38. The van der Waals surface area contributed by atoms with Crippen LogP contribution >= 0.6 is 0 Å². The maximum Gasteiger partial charge on any atom is 0.244 e. The molecule has 1 heterocycles. The first-order valence-corrected chi connectivity index (χ1v) is 7.39. The molecule has 0 unspecified atom stereocenters. The molecule has 3 rings (SSSR count). The number of fused-ring (bicyclic) bond motifs is 1. The van der Waals surface area contributed by atoms with E-state index in [1.165, 1.54) is 23.8 Å². The first-order valence-electron chi connectivity index (χ1n) is 7.39. The van der Waals surface area contributed by atoms with E-state index >= 15 is 0 Å². The SMILES string of the molecule is Cn1nc2c(c1CNC(=O)C=Cc1ccccc1F)CCC2. The van der Waals surface area contributed by atoms with Gasteiger partial charge in [-0.25, -0.2) is 4.39 Å². The number of nitrogens with zero attached hydrogens (tertiary/aromatic N) is 2. The molecule has 0 fully saturated rings. The van der Waals surface area contributed by atoms with Gasteiger partial charge in [0.2, 0.25) is 5.91 Å². The molecule has 0 radical (unpaired) electrons. The van der Waals surface area contributed by atoms with E-state index in [0.717, 1.165) is 30.7 Å². The van der Waals surface area contributed by atoms with Crippen LogP contribution in [0, 0.1) is 5.82 Å². The fraction of sp³-hybridized carbons (Fsp3) is 0.294. The van der Waals surface area contributed by atoms with Crippen molar-refractivity contribution in [3.8, 4) is 0 Å². The van der Waals surface area contributed by atoms with Gasteiger partial charge in [0.25, 0.3) is 0 Å². The normalized spacial score (nSPS) is 13.5. The van der Waals surface area contributed by atoms with E-state index in [0.29, 0.717) is 12.1 Å². The summed E-state index contributed by atoms with van der Waals surface area (Å²) < 4.78 is 15.3. The molecule has 1 aliphatic carbocycles. The van der Waals surface area contributed by atoms with Crippen molar-refractivity contribution in [1.29, 1.82) is 0 Å². The number of rotatable bonds is 4. The molecule has 1 aromatic carbocycles. The Morgan fingerprint density at radius 3 is 3.05 bits per heavy atom. The minimum absolute atomic E-state index is 0.240. The standard InChI is InChI=1S/C17H18FN3O/c1-21-16(13-6-4-8-15(13)20-21)11-19-17(22)10-9-12-5-2-3-7-14(12)18/h2-3,5,7,9-10H,4,6,8,11H2,1H3,(H,19,22). The fourth-order valence-corrected chi connectivity index (χ4v) is 2.81. The molecule has 0 saturated carbocycles. The van der Waals surface area contributed by atoms with Gasteiger partial charge in [0, 0.05) is 18.7 Å². The Labute approximate surface area is 128 Å². The van der Waals surface area contributed by atoms with E-state index in [-0.39, 0.29) is 11.7 Å². The second kappa shape index (κ2) is 6.13. The summed E-state index contributed by atoms with van der Waals surface area (Å²) in [5.74, 6) is -0.577. The Kier molecular flexibility index (Phi) is 4.04. The Hall–Kier alpha value is -2.43. The topological polar surface area (TPSA) is 46.9 Å². The van der Waals surface area contributed by atoms with Crippen molar-refractivity contribution in [2.75, 3.05) is 0 Å². The fourth-order valence-electron chi connectivity index (χ4n) is 2.81. The second-order valence-corrected chi connectivity index (χ2v) is 5.42. The average molecular weight is 299 g/mol. The van der Waals surface area contributed by atoms with Gasteiger partial charge in [-0.2, -0.15) is 5.10 Å². The van der Waals surface area contributed by atoms with Gasteiger partial charge in [0.15, 0.2) is 0 Å². The van der Waals surface area contributed by atoms with E-state index in [1.807, 2.05) is 11.7 Å². The lowest BCUT2D eigenvalue weighted by molar-refractivity contribution is -0.116. The average Bonchev–Trinajstić information content (AvgIpc) is 3.05. The number of carbonyl (C=O) groups is 1. The van der Waals surface area contributed by atoms with Crippen LogP contribution in [0.25, 0.3) is 6.08 Å². The minimum Gasteiger partial charge on any atom is -0.347 e. The van der Waals surface area contributed by atoms with Crippen LogP contribution < -0.4 is 5.32 Å². The summed E-state index contributed by atoms with van der Waals surface area (Å²) in [6, 6.07) is 6.36. The zero-order valence-electron chi connectivity index (χ0n) is 12.5. The van der Waals surface area contributed by atoms with E-state index < -0.39 is 0 Å². The molecular weight excluding hydrogens is 281 g/mol. The summed E-state index contributed by atoms with van der Waals surface area (Å²) in [7, 11) is 1.90. The van der Waals surface area contributed by atoms with Crippen molar-refractivity contribution in [3.63, 3.8) is 0 Å². The number of aromatic nitrogens is 2. The van der Waals surface area contributed by atoms with Gasteiger partial charge in [0.05, 0.1) is 17.9 Å². The van der Waals surface area contributed by atoms with Crippen molar-refractivity contribution in [1.82, 2.24) is 15.1 Å². The summed E-state index contributed by atoms with van der Waals surface area (Å²) in [5.41, 5.74) is 3.87. The molecule has 1 aliphatic rings. The Balaban J connectivity index is 1.63. The third-order valence-corrected chi connectivity index (χ3v) is 3.95. The number of hydrogen-bond donors (Lipinski definition) is 1. The zero-order chi connectivity index (χ0) is 15.5. The lowest BCUT2D eigenvalue weighted by Gasteiger charge is -2.05. The van der Waals surface area contributed by atoms with Crippen molar-refractivity contribution in [2.24, 2.45) is 7.05 Å². The van der Waals surface area contributed by atoms with E-state index in [4.69, 9.17) is 0 Å². The maximum atomic E-state index is 13.5. The zero-order valence-corrected chi connectivity index (χ0v) is 12.5. The summed E-state index contributed by atoms with van der Waals surface area (Å²) in [4.78, 5) is 11.9. The lowest BCUT2D eigenvalue weighted by atomic mass is 10.2. The molecule has 1 aromatic heterocycles. The molecule has 1 amide bonds. The highest BCUT2D eigenvalue weighted by molar-refractivity contribution is 5.91. The van der Waals surface area contributed by atoms with Gasteiger partial charge >= 0.3 is 0 Å². The van der Waals surface area contributed by atoms with Crippen LogP contribution in [0.2, 0.25) is 0 Å². The third kappa shape index (κ3) is 2.93. The highest BCUT2D eigenvalue weighted by atomic mass is 19.1. The summed E-state index contributed by atoms with van der Waals surface area (Å²) in [6.45, 7) is 0.444. The van der Waals surface area contributed by atoms with Crippen molar-refractivity contribution in [3.05, 3.63) is 58.7 Å². The molecule has 5 heteroatoms. The molecule has 22 heavy (non-hydrogen) atoms. The quantitative estimate of drug-likeness (QED) is 0.881. The number of benzene rings is 1. The molecule has 0 aliphatic heterocycles. The molecule has 1 N–H and O–H groups in total. The molecular formula is C17H18FN3O. The van der Waals surface area contributed by atoms with Crippen LogP contribution in [0.3, 0.4) is 0 Å². The number of carbonyl (C=O) groups excluding carboxylic acids is 1. The van der Waals surface area contributed by atoms with Crippen LogP contribution in [0.5, 0.6) is 0 Å². The number of amides is 1. The van der Waals surface area contributed by atoms with Crippen molar-refractivity contribution in [2.45, 2.75) is 25.8 Å². The third-order valence-electron chi connectivity index (χ3n) is 3.95. The maximum absolute atomic E-state index is 13.5. The van der Waals surface area contributed by atoms with Crippen LogP contribution in [0.15, 0.2) is 30.3 Å². The van der Waals surface area contributed by atoms with Crippen molar-refractivity contribution >= 4 is 12.0 Å². The van der Waals surface area contributed by atoms with E-state index in [9.17, 15) is 9.18 Å². The Morgan fingerprint density at radius 2 is 2.23 bits per heavy atom. The van der Waals surface area contributed by atoms with Gasteiger partial charge in [-0.1, -0.05) is 18.2 Å². The van der Waals surface area contributed by atoms with E-state index in [2.05, 4.69) is 10.4 Å². The van der Waals surface area contributed by atoms with Crippen molar-refractivity contribution < 1.29 is 9.18 Å². The monoisotopic (exact) mass is 299 g/mol. The molecule has 4 nitrogen and oxygen atoms in total. The van der Waals surface area contributed by atoms with Crippen LogP contribution in [0.4, 0.5) is 4.39 Å². The minimum atomic E-state index is -0.337. The molecule has 2 aromatic rings. The number of nitrogens with one attached hydrogen (secondary N) is 1. The van der Waals surface area contributed by atoms with Gasteiger partial charge in [0.1, 0.15) is 5.82 Å². The highest BCUT2D eigenvalue weighted by Gasteiger charge is 2.20. The van der Waals surface area contributed by atoms with Gasteiger partial charge in [-0.15, -0.1) is 0 Å².